The number of amides is 1. The third kappa shape index (κ3) is 4.59. The molecule has 1 aliphatic carbocycles. The van der Waals surface area contributed by atoms with Gasteiger partial charge >= 0.3 is 5.97 Å². The Morgan fingerprint density at radius 3 is 2.63 bits per heavy atom. The molecule has 8 atom stereocenters. The van der Waals surface area contributed by atoms with Crippen LogP contribution >= 0.6 is 0 Å². The fourth-order valence-electron chi connectivity index (χ4n) is 6.30. The molecule has 35 heavy (non-hydrogen) atoms. The van der Waals surface area contributed by atoms with Crippen LogP contribution in [-0.2, 0) is 40.1 Å². The Morgan fingerprint density at radius 2 is 1.86 bits per heavy atom. The van der Waals surface area contributed by atoms with Crippen molar-refractivity contribution in [2.24, 2.45) is 23.7 Å². The number of carbonyl (C=O) groups excluding carboxylic acids is 2. The molecule has 1 aromatic carbocycles. The molecule has 4 aliphatic heterocycles. The van der Waals surface area contributed by atoms with Crippen LogP contribution in [0.4, 0.5) is 4.39 Å². The van der Waals surface area contributed by atoms with E-state index in [1.165, 1.54) is 12.1 Å². The van der Waals surface area contributed by atoms with Gasteiger partial charge in [-0.1, -0.05) is 26.0 Å². The Morgan fingerprint density at radius 1 is 1.09 bits per heavy atom. The first-order valence-corrected chi connectivity index (χ1v) is 12.6. The standard InChI is InChI=1S/C26H34FNO7/c1-15-4-9-20-16(2)23(32-24-26(20)19(15)12-13-25(3,33-24)34-35-26)31-22(30)11-10-21(29)28-14-17-5-7-18(27)8-6-17/h5-8,15-16,19-20,23-24H,4,9-14H2,1-3H3,(H,28,29)/t15-,16-,19+,20+,23-,24-,25+,26+/m1/s1. The first-order valence-electron chi connectivity index (χ1n) is 12.6. The molecule has 0 radical (unpaired) electrons. The number of esters is 1. The van der Waals surface area contributed by atoms with E-state index in [1.54, 1.807) is 12.1 Å². The third-order valence-corrected chi connectivity index (χ3v) is 8.30. The third-order valence-electron chi connectivity index (χ3n) is 8.30. The van der Waals surface area contributed by atoms with E-state index in [0.29, 0.717) is 12.3 Å². The van der Waals surface area contributed by atoms with E-state index >= 15 is 0 Å². The smallest absolute Gasteiger partial charge is 0.308 e. The van der Waals surface area contributed by atoms with Gasteiger partial charge in [-0.15, -0.1) is 0 Å². The highest BCUT2D eigenvalue weighted by Gasteiger charge is 2.69. The van der Waals surface area contributed by atoms with Crippen molar-refractivity contribution in [3.8, 4) is 0 Å². The molecular weight excluding hydrogens is 457 g/mol. The van der Waals surface area contributed by atoms with Gasteiger partial charge < -0.3 is 19.5 Å². The van der Waals surface area contributed by atoms with Crippen molar-refractivity contribution in [3.05, 3.63) is 35.6 Å². The number of ether oxygens (including phenoxy) is 3. The van der Waals surface area contributed by atoms with Crippen molar-refractivity contribution in [2.45, 2.75) is 89.8 Å². The van der Waals surface area contributed by atoms with Crippen molar-refractivity contribution in [1.29, 1.82) is 0 Å². The number of halogens is 1. The fourth-order valence-corrected chi connectivity index (χ4v) is 6.30. The molecule has 2 bridgehead atoms. The molecule has 0 unspecified atom stereocenters. The average molecular weight is 492 g/mol. The van der Waals surface area contributed by atoms with Gasteiger partial charge in [0.15, 0.2) is 11.9 Å². The fraction of sp³-hybridized carbons (Fsp3) is 0.692. The maximum absolute atomic E-state index is 13.0. The highest BCUT2D eigenvalue weighted by molar-refractivity contribution is 5.81. The van der Waals surface area contributed by atoms with Crippen LogP contribution in [0.3, 0.4) is 0 Å². The molecule has 1 spiro atoms. The molecule has 1 N–H and O–H groups in total. The van der Waals surface area contributed by atoms with E-state index in [0.717, 1.165) is 24.8 Å². The highest BCUT2D eigenvalue weighted by Crippen LogP contribution is 2.60. The van der Waals surface area contributed by atoms with Crippen molar-refractivity contribution in [3.63, 3.8) is 0 Å². The topological polar surface area (TPSA) is 92.3 Å². The first-order chi connectivity index (χ1) is 16.7. The molecular formula is C26H34FNO7. The number of hydrogen-bond acceptors (Lipinski definition) is 7. The van der Waals surface area contributed by atoms with E-state index in [2.05, 4.69) is 12.2 Å². The SMILES string of the molecule is C[C@H]1[C@H](OC(=O)CCC(=O)NCc2ccc(F)cc2)O[C@@H]2O[C@]3(C)CC[C@H]4[C@H](C)CC[C@@H]1[C@]24OO3. The second-order valence-electron chi connectivity index (χ2n) is 10.7. The number of nitrogens with one attached hydrogen (secondary N) is 1. The van der Waals surface area contributed by atoms with Crippen molar-refractivity contribution in [2.75, 3.05) is 0 Å². The molecule has 1 saturated carbocycles. The second-order valence-corrected chi connectivity index (χ2v) is 10.7. The Hall–Kier alpha value is -2.07. The van der Waals surface area contributed by atoms with Gasteiger partial charge in [0.1, 0.15) is 5.82 Å². The van der Waals surface area contributed by atoms with Gasteiger partial charge in [0.25, 0.3) is 0 Å². The summed E-state index contributed by atoms with van der Waals surface area (Å²) in [4.78, 5) is 36.7. The zero-order valence-electron chi connectivity index (χ0n) is 20.5. The summed E-state index contributed by atoms with van der Waals surface area (Å²) >= 11 is 0. The summed E-state index contributed by atoms with van der Waals surface area (Å²) in [5.74, 6) is -1.39. The Labute approximate surface area is 204 Å². The quantitative estimate of drug-likeness (QED) is 0.475. The lowest BCUT2D eigenvalue weighted by atomic mass is 9.58. The van der Waals surface area contributed by atoms with Crippen molar-refractivity contribution < 1.29 is 38.0 Å². The van der Waals surface area contributed by atoms with Crippen LogP contribution in [0, 0.1) is 29.5 Å². The van der Waals surface area contributed by atoms with Gasteiger partial charge in [-0.05, 0) is 55.7 Å². The largest absolute Gasteiger partial charge is 0.435 e. The zero-order valence-corrected chi connectivity index (χ0v) is 20.5. The minimum atomic E-state index is -0.894. The number of rotatable bonds is 6. The highest BCUT2D eigenvalue weighted by atomic mass is 19.1. The Balaban J connectivity index is 1.19. The monoisotopic (exact) mass is 491 g/mol. The molecule has 4 heterocycles. The molecule has 5 fully saturated rings. The molecule has 5 aliphatic rings. The molecule has 0 aromatic heterocycles. The van der Waals surface area contributed by atoms with E-state index in [4.69, 9.17) is 24.0 Å². The summed E-state index contributed by atoms with van der Waals surface area (Å²) in [6.07, 6.45) is 2.05. The summed E-state index contributed by atoms with van der Waals surface area (Å²) in [7, 11) is 0. The van der Waals surface area contributed by atoms with Gasteiger partial charge in [0.2, 0.25) is 18.0 Å². The molecule has 6 rings (SSSR count). The van der Waals surface area contributed by atoms with Gasteiger partial charge in [-0.2, -0.15) is 0 Å². The van der Waals surface area contributed by atoms with E-state index < -0.39 is 29.9 Å². The van der Waals surface area contributed by atoms with E-state index in [9.17, 15) is 14.0 Å². The number of carbonyl (C=O) groups is 2. The van der Waals surface area contributed by atoms with Gasteiger partial charge in [0, 0.05) is 31.2 Å². The summed E-state index contributed by atoms with van der Waals surface area (Å²) in [5, 5.41) is 2.73. The number of hydrogen-bond donors (Lipinski definition) is 1. The minimum Gasteiger partial charge on any atom is -0.435 e. The van der Waals surface area contributed by atoms with Gasteiger partial charge in [-0.25, -0.2) is 14.2 Å². The summed E-state index contributed by atoms with van der Waals surface area (Å²) in [6, 6.07) is 5.88. The van der Waals surface area contributed by atoms with Gasteiger partial charge in [0.05, 0.1) is 6.42 Å². The summed E-state index contributed by atoms with van der Waals surface area (Å²) in [5.41, 5.74) is 0.0642. The number of fused-ring (bicyclic) bond motifs is 2. The van der Waals surface area contributed by atoms with Crippen LogP contribution < -0.4 is 5.32 Å². The summed E-state index contributed by atoms with van der Waals surface area (Å²) < 4.78 is 31.2. The van der Waals surface area contributed by atoms with Crippen LogP contribution in [0.2, 0.25) is 0 Å². The lowest BCUT2D eigenvalue weighted by molar-refractivity contribution is -0.576. The summed E-state index contributed by atoms with van der Waals surface area (Å²) in [6.45, 7) is 6.37. The molecule has 1 amide bonds. The number of benzene rings is 1. The van der Waals surface area contributed by atoms with Gasteiger partial charge in [-0.3, -0.25) is 9.59 Å². The van der Waals surface area contributed by atoms with Crippen LogP contribution in [0.15, 0.2) is 24.3 Å². The Bertz CT molecular complexity index is 958. The predicted molar refractivity (Wildman–Crippen MR) is 120 cm³/mol. The predicted octanol–water partition coefficient (Wildman–Crippen LogP) is 3.97. The van der Waals surface area contributed by atoms with Crippen molar-refractivity contribution in [1.82, 2.24) is 5.32 Å². The van der Waals surface area contributed by atoms with Crippen LogP contribution in [-0.4, -0.2) is 35.8 Å². The minimum absolute atomic E-state index is 0.0109. The lowest BCUT2D eigenvalue weighted by Crippen LogP contribution is -2.70. The molecule has 1 aromatic rings. The van der Waals surface area contributed by atoms with Crippen LogP contribution in [0.1, 0.15) is 64.9 Å². The molecule has 4 saturated heterocycles. The van der Waals surface area contributed by atoms with E-state index in [1.807, 2.05) is 13.8 Å². The first kappa shape index (κ1) is 24.6. The Kier molecular flexibility index (Phi) is 6.63. The average Bonchev–Trinajstić information content (AvgIpc) is 3.06. The maximum Gasteiger partial charge on any atom is 0.308 e. The maximum atomic E-state index is 13.0. The lowest BCUT2D eigenvalue weighted by Gasteiger charge is -2.59. The molecule has 192 valence electrons. The zero-order chi connectivity index (χ0) is 24.8. The molecule has 9 heteroatoms. The second kappa shape index (κ2) is 9.42. The molecule has 8 nitrogen and oxygen atoms in total. The van der Waals surface area contributed by atoms with Crippen LogP contribution in [0.5, 0.6) is 0 Å². The van der Waals surface area contributed by atoms with E-state index in [-0.39, 0.29) is 48.9 Å². The van der Waals surface area contributed by atoms with Crippen LogP contribution in [0.25, 0.3) is 0 Å². The normalized spacial score (nSPS) is 39.9. The van der Waals surface area contributed by atoms with Crippen molar-refractivity contribution >= 4 is 11.9 Å².